The van der Waals surface area contributed by atoms with Crippen molar-refractivity contribution in [2.45, 2.75) is 13.5 Å². The maximum absolute atomic E-state index is 13.2. The van der Waals surface area contributed by atoms with Gasteiger partial charge in [0.05, 0.1) is 32.5 Å². The van der Waals surface area contributed by atoms with Gasteiger partial charge in [-0.3, -0.25) is 9.59 Å². The maximum Gasteiger partial charge on any atom is 0.296 e. The fourth-order valence-corrected chi connectivity index (χ4v) is 3.45. The summed E-state index contributed by atoms with van der Waals surface area (Å²) >= 11 is 0. The van der Waals surface area contributed by atoms with Crippen molar-refractivity contribution in [3.8, 4) is 11.6 Å². The predicted molar refractivity (Wildman–Crippen MR) is 113 cm³/mol. The first-order chi connectivity index (χ1) is 15.0. The minimum absolute atomic E-state index is 0.291. The predicted octanol–water partition coefficient (Wildman–Crippen LogP) is 3.22. The number of benzene rings is 1. The molecule has 4 rings (SSSR count). The summed E-state index contributed by atoms with van der Waals surface area (Å²) in [6.45, 7) is 2.10. The number of carbonyl (C=O) groups is 2. The highest BCUT2D eigenvalue weighted by molar-refractivity contribution is 6.48. The zero-order valence-electron chi connectivity index (χ0n) is 17.2. The third kappa shape index (κ3) is 3.85. The van der Waals surface area contributed by atoms with Gasteiger partial charge in [-0.25, -0.2) is 9.97 Å². The van der Waals surface area contributed by atoms with Crippen molar-refractivity contribution in [3.05, 3.63) is 66.1 Å². The van der Waals surface area contributed by atoms with Crippen LogP contribution in [0, 0.1) is 6.92 Å². The van der Waals surface area contributed by atoms with E-state index in [4.69, 9.17) is 13.9 Å². The zero-order valence-corrected chi connectivity index (χ0v) is 17.2. The highest BCUT2D eigenvalue weighted by Crippen LogP contribution is 2.31. The Kier molecular flexibility index (Phi) is 5.40. The molecule has 0 spiro atoms. The van der Waals surface area contributed by atoms with Crippen LogP contribution in [0.1, 0.15) is 21.9 Å². The fraction of sp³-hybridized carbons (Fsp3) is 0.182. The van der Waals surface area contributed by atoms with Crippen LogP contribution in [0.2, 0.25) is 0 Å². The van der Waals surface area contributed by atoms with Gasteiger partial charge in [0, 0.05) is 34.5 Å². The molecule has 9 nitrogen and oxygen atoms in total. The number of anilines is 1. The Morgan fingerprint density at radius 1 is 1.10 bits per heavy atom. The van der Waals surface area contributed by atoms with Crippen LogP contribution in [0.3, 0.4) is 0 Å². The summed E-state index contributed by atoms with van der Waals surface area (Å²) in [6.07, 6.45) is 4.53. The van der Waals surface area contributed by atoms with E-state index in [1.165, 1.54) is 25.6 Å². The van der Waals surface area contributed by atoms with E-state index in [9.17, 15) is 9.59 Å². The molecule has 0 aliphatic carbocycles. The second kappa shape index (κ2) is 8.31. The van der Waals surface area contributed by atoms with E-state index < -0.39 is 11.7 Å². The summed E-state index contributed by atoms with van der Waals surface area (Å²) in [4.78, 5) is 34.1. The van der Waals surface area contributed by atoms with E-state index in [1.54, 1.807) is 38.4 Å². The van der Waals surface area contributed by atoms with Gasteiger partial charge in [-0.05, 0) is 31.2 Å². The van der Waals surface area contributed by atoms with Crippen molar-refractivity contribution in [1.82, 2.24) is 14.5 Å². The van der Waals surface area contributed by atoms with Crippen molar-refractivity contribution in [2.24, 2.45) is 0 Å². The largest absolute Gasteiger partial charge is 0.497 e. The van der Waals surface area contributed by atoms with Crippen molar-refractivity contribution < 1.29 is 23.5 Å². The molecular weight excluding hydrogens is 400 g/mol. The first kappa shape index (κ1) is 20.1. The Labute approximate surface area is 177 Å². The number of hydrogen-bond acceptors (Lipinski definition) is 7. The quantitative estimate of drug-likeness (QED) is 0.361. The van der Waals surface area contributed by atoms with Crippen molar-refractivity contribution in [3.63, 3.8) is 0 Å². The number of hydrogen-bond donors (Lipinski definition) is 1. The molecule has 9 heteroatoms. The van der Waals surface area contributed by atoms with Gasteiger partial charge in [-0.2, -0.15) is 0 Å². The molecule has 0 saturated heterocycles. The van der Waals surface area contributed by atoms with E-state index >= 15 is 0 Å². The van der Waals surface area contributed by atoms with Crippen LogP contribution < -0.4 is 14.8 Å². The molecule has 1 N–H and O–H groups in total. The zero-order chi connectivity index (χ0) is 22.0. The Hall–Kier alpha value is -4.14. The van der Waals surface area contributed by atoms with E-state index in [2.05, 4.69) is 15.3 Å². The molecule has 0 unspecified atom stereocenters. The number of carbonyl (C=O) groups excluding carboxylic acids is 2. The van der Waals surface area contributed by atoms with Gasteiger partial charge in [-0.15, -0.1) is 0 Å². The van der Waals surface area contributed by atoms with Gasteiger partial charge in [0.2, 0.25) is 11.8 Å². The average Bonchev–Trinajstić information content (AvgIpc) is 3.39. The lowest BCUT2D eigenvalue weighted by atomic mass is 10.1. The van der Waals surface area contributed by atoms with Gasteiger partial charge in [0.1, 0.15) is 12.0 Å². The molecule has 0 bridgehead atoms. The number of ether oxygens (including phenoxy) is 2. The lowest BCUT2D eigenvalue weighted by Gasteiger charge is -2.07. The van der Waals surface area contributed by atoms with E-state index in [1.807, 2.05) is 10.6 Å². The third-order valence-corrected chi connectivity index (χ3v) is 4.94. The van der Waals surface area contributed by atoms with Crippen molar-refractivity contribution >= 4 is 28.3 Å². The smallest absolute Gasteiger partial charge is 0.296 e. The van der Waals surface area contributed by atoms with Crippen LogP contribution in [-0.2, 0) is 11.3 Å². The second-order valence-corrected chi connectivity index (χ2v) is 6.73. The number of methoxy groups -OCH3 is 2. The molecule has 3 aromatic heterocycles. The van der Waals surface area contributed by atoms with Crippen LogP contribution >= 0.6 is 0 Å². The van der Waals surface area contributed by atoms with Crippen LogP contribution in [0.5, 0.6) is 11.6 Å². The number of nitrogens with one attached hydrogen (secondary N) is 1. The number of Topliss-reactive ketones (excluding diaryl/α,β-unsaturated/α-hetero) is 1. The highest BCUT2D eigenvalue weighted by atomic mass is 16.5. The SMILES string of the molecule is COc1ccc2c(c1)c(C(=O)C(=O)Nc1ccnc(OC)c1)c(C)n2Cc1ncco1. The Morgan fingerprint density at radius 3 is 2.65 bits per heavy atom. The molecule has 0 saturated carbocycles. The Bertz CT molecular complexity index is 1260. The summed E-state index contributed by atoms with van der Waals surface area (Å²) < 4.78 is 17.6. The van der Waals surface area contributed by atoms with Gasteiger partial charge < -0.3 is 23.8 Å². The van der Waals surface area contributed by atoms with Gasteiger partial charge >= 0.3 is 0 Å². The standard InChI is InChI=1S/C22H20N4O5/c1-13-20(21(27)22(28)25-14-6-7-23-18(10-14)30-3)16-11-15(29-2)4-5-17(16)26(13)12-19-24-8-9-31-19/h4-11H,12H2,1-3H3,(H,23,25,28). The van der Waals surface area contributed by atoms with E-state index in [-0.39, 0.29) is 0 Å². The number of nitrogens with zero attached hydrogens (tertiary/aromatic N) is 3. The molecule has 158 valence electrons. The number of rotatable bonds is 7. The monoisotopic (exact) mass is 420 g/mol. The summed E-state index contributed by atoms with van der Waals surface area (Å²) in [5, 5.41) is 3.22. The summed E-state index contributed by atoms with van der Waals surface area (Å²) in [7, 11) is 3.02. The average molecular weight is 420 g/mol. The molecule has 31 heavy (non-hydrogen) atoms. The first-order valence-corrected chi connectivity index (χ1v) is 9.42. The molecule has 4 aromatic rings. The van der Waals surface area contributed by atoms with Gasteiger partial charge in [0.25, 0.3) is 11.7 Å². The number of oxazole rings is 1. The topological polar surface area (TPSA) is 108 Å². The van der Waals surface area contributed by atoms with Crippen LogP contribution in [-0.4, -0.2) is 40.4 Å². The number of fused-ring (bicyclic) bond motifs is 1. The molecule has 0 aliphatic heterocycles. The van der Waals surface area contributed by atoms with Gasteiger partial charge in [0.15, 0.2) is 0 Å². The number of pyridine rings is 1. The number of amides is 1. The van der Waals surface area contributed by atoms with Crippen LogP contribution in [0.25, 0.3) is 10.9 Å². The lowest BCUT2D eigenvalue weighted by molar-refractivity contribution is -0.112. The van der Waals surface area contributed by atoms with Gasteiger partial charge in [-0.1, -0.05) is 0 Å². The van der Waals surface area contributed by atoms with Crippen LogP contribution in [0.15, 0.2) is 53.4 Å². The maximum atomic E-state index is 13.2. The normalized spacial score (nSPS) is 10.8. The van der Waals surface area contributed by atoms with Crippen molar-refractivity contribution in [2.75, 3.05) is 19.5 Å². The van der Waals surface area contributed by atoms with Crippen molar-refractivity contribution in [1.29, 1.82) is 0 Å². The number of aromatic nitrogens is 3. The Morgan fingerprint density at radius 2 is 1.94 bits per heavy atom. The third-order valence-electron chi connectivity index (χ3n) is 4.94. The molecule has 0 fully saturated rings. The molecule has 0 aliphatic rings. The summed E-state index contributed by atoms with van der Waals surface area (Å²) in [6, 6.07) is 8.49. The molecule has 1 aromatic carbocycles. The Balaban J connectivity index is 1.75. The molecule has 0 atom stereocenters. The fourth-order valence-electron chi connectivity index (χ4n) is 3.45. The minimum atomic E-state index is -0.769. The number of ketones is 1. The minimum Gasteiger partial charge on any atom is -0.497 e. The molecular formula is C22H20N4O5. The molecule has 3 heterocycles. The van der Waals surface area contributed by atoms with Crippen LogP contribution in [0.4, 0.5) is 5.69 Å². The molecule has 0 radical (unpaired) electrons. The van der Waals surface area contributed by atoms with E-state index in [0.717, 1.165) is 5.52 Å². The highest BCUT2D eigenvalue weighted by Gasteiger charge is 2.26. The van der Waals surface area contributed by atoms with E-state index in [0.29, 0.717) is 46.4 Å². The lowest BCUT2D eigenvalue weighted by Crippen LogP contribution is -2.23. The second-order valence-electron chi connectivity index (χ2n) is 6.73. The first-order valence-electron chi connectivity index (χ1n) is 9.42. The summed E-state index contributed by atoms with van der Waals surface area (Å²) in [5.41, 5.74) is 2.08. The molecule has 1 amide bonds. The summed E-state index contributed by atoms with van der Waals surface area (Å²) in [5.74, 6) is -0.0435.